The topological polar surface area (TPSA) is 68.2 Å². The Hall–Kier alpha value is -2.92. The van der Waals surface area contributed by atoms with Gasteiger partial charge in [-0.15, -0.1) is 0 Å². The molecule has 0 saturated carbocycles. The first-order chi connectivity index (χ1) is 14.8. The predicted molar refractivity (Wildman–Crippen MR) is 120 cm³/mol. The third-order valence-corrected chi connectivity index (χ3v) is 5.95. The number of aliphatic hydroxyl groups is 1. The zero-order chi connectivity index (χ0) is 22.3. The van der Waals surface area contributed by atoms with Crippen molar-refractivity contribution < 1.29 is 24.4 Å². The van der Waals surface area contributed by atoms with E-state index in [0.717, 1.165) is 23.1 Å². The number of phenolic OH excluding ortho intramolecular Hbond substituents is 1. The van der Waals surface area contributed by atoms with Gasteiger partial charge in [-0.2, -0.15) is 0 Å². The number of hydrogen-bond acceptors (Lipinski definition) is 5. The van der Waals surface area contributed by atoms with Crippen LogP contribution in [-0.2, 0) is 18.4 Å². The second kappa shape index (κ2) is 7.97. The van der Waals surface area contributed by atoms with Crippen molar-refractivity contribution in [3.8, 4) is 23.0 Å². The maximum Gasteiger partial charge on any atom is 0.168 e. The van der Waals surface area contributed by atoms with Gasteiger partial charge in [0.25, 0.3) is 0 Å². The molecule has 31 heavy (non-hydrogen) atoms. The lowest BCUT2D eigenvalue weighted by Gasteiger charge is -2.36. The molecular formula is C26H30O5. The van der Waals surface area contributed by atoms with Crippen molar-refractivity contribution in [3.05, 3.63) is 69.8 Å². The Morgan fingerprint density at radius 1 is 1.16 bits per heavy atom. The van der Waals surface area contributed by atoms with E-state index in [-0.39, 0.29) is 12.4 Å². The molecule has 2 aromatic carbocycles. The van der Waals surface area contributed by atoms with Crippen molar-refractivity contribution in [1.29, 1.82) is 0 Å². The molecule has 0 saturated heterocycles. The highest BCUT2D eigenvalue weighted by Crippen LogP contribution is 2.58. The zero-order valence-corrected chi connectivity index (χ0v) is 18.8. The average Bonchev–Trinajstić information content (AvgIpc) is 3.03. The maximum atomic E-state index is 11.7. The molecule has 2 aliphatic rings. The van der Waals surface area contributed by atoms with Crippen LogP contribution in [0.5, 0.6) is 23.0 Å². The van der Waals surface area contributed by atoms with Crippen LogP contribution in [0.3, 0.4) is 0 Å². The van der Waals surface area contributed by atoms with Crippen molar-refractivity contribution in [2.45, 2.75) is 52.2 Å². The van der Waals surface area contributed by atoms with Gasteiger partial charge in [-0.05, 0) is 46.1 Å². The van der Waals surface area contributed by atoms with Crippen LogP contribution in [0.2, 0.25) is 0 Å². The second-order valence-electron chi connectivity index (χ2n) is 8.80. The summed E-state index contributed by atoms with van der Waals surface area (Å²) in [6.07, 6.45) is 4.72. The van der Waals surface area contributed by atoms with E-state index < -0.39 is 11.7 Å². The van der Waals surface area contributed by atoms with E-state index in [9.17, 15) is 10.2 Å². The van der Waals surface area contributed by atoms with Crippen molar-refractivity contribution in [1.82, 2.24) is 0 Å². The summed E-state index contributed by atoms with van der Waals surface area (Å²) in [5.41, 5.74) is 4.06. The minimum absolute atomic E-state index is 0.0413. The summed E-state index contributed by atoms with van der Waals surface area (Å²) in [5, 5.41) is 22.4. The minimum atomic E-state index is -1.33. The van der Waals surface area contributed by atoms with E-state index in [2.05, 4.69) is 19.9 Å². The van der Waals surface area contributed by atoms with Crippen LogP contribution in [0.1, 0.15) is 56.1 Å². The molecule has 2 aromatic rings. The first kappa shape index (κ1) is 21.3. The second-order valence-corrected chi connectivity index (χ2v) is 8.80. The molecule has 0 aromatic heterocycles. The molecule has 164 valence electrons. The third-order valence-electron chi connectivity index (χ3n) is 5.95. The highest BCUT2D eigenvalue weighted by atomic mass is 16.5. The standard InChI is InChI=1S/C26H30O5/c1-15(2)9-11-17-7-6-8-19-23(17)31-25-22-21(30-14-26(19,25)28)13-20(27)18(24(22)29-5)12-10-16(3)4/h6-10,13,25,27-28H,11-12,14H2,1-5H3. The van der Waals surface area contributed by atoms with Gasteiger partial charge >= 0.3 is 0 Å². The number of methoxy groups -OCH3 is 1. The quantitative estimate of drug-likeness (QED) is 0.654. The summed E-state index contributed by atoms with van der Waals surface area (Å²) >= 11 is 0. The fourth-order valence-electron chi connectivity index (χ4n) is 4.32. The fourth-order valence-corrected chi connectivity index (χ4v) is 4.32. The van der Waals surface area contributed by atoms with Gasteiger partial charge in [0.2, 0.25) is 0 Å². The van der Waals surface area contributed by atoms with Crippen molar-refractivity contribution in [2.24, 2.45) is 0 Å². The van der Waals surface area contributed by atoms with Gasteiger partial charge < -0.3 is 24.4 Å². The molecule has 5 heteroatoms. The number of phenols is 1. The molecule has 0 spiro atoms. The van der Waals surface area contributed by atoms with Gasteiger partial charge in [0.05, 0.1) is 12.7 Å². The van der Waals surface area contributed by atoms with Crippen molar-refractivity contribution in [2.75, 3.05) is 13.7 Å². The van der Waals surface area contributed by atoms with Crippen LogP contribution in [0.4, 0.5) is 0 Å². The molecule has 0 aliphatic carbocycles. The van der Waals surface area contributed by atoms with Crippen molar-refractivity contribution in [3.63, 3.8) is 0 Å². The Balaban J connectivity index is 1.85. The molecule has 5 nitrogen and oxygen atoms in total. The summed E-state index contributed by atoms with van der Waals surface area (Å²) in [7, 11) is 1.57. The molecule has 4 rings (SSSR count). The van der Waals surface area contributed by atoms with E-state index in [0.29, 0.717) is 34.8 Å². The van der Waals surface area contributed by atoms with E-state index in [1.807, 2.05) is 38.1 Å². The summed E-state index contributed by atoms with van der Waals surface area (Å²) < 4.78 is 18.1. The summed E-state index contributed by atoms with van der Waals surface area (Å²) in [5.74, 6) is 1.78. The number of aromatic hydroxyl groups is 1. The summed E-state index contributed by atoms with van der Waals surface area (Å²) in [4.78, 5) is 0. The Morgan fingerprint density at radius 3 is 2.55 bits per heavy atom. The smallest absolute Gasteiger partial charge is 0.168 e. The molecule has 0 radical (unpaired) electrons. The summed E-state index contributed by atoms with van der Waals surface area (Å²) in [6, 6.07) is 7.46. The molecule has 0 amide bonds. The number of fused-ring (bicyclic) bond motifs is 5. The summed E-state index contributed by atoms with van der Waals surface area (Å²) in [6.45, 7) is 8.18. The molecule has 0 bridgehead atoms. The minimum Gasteiger partial charge on any atom is -0.507 e. The van der Waals surface area contributed by atoms with E-state index in [1.165, 1.54) is 5.57 Å². The number of rotatable bonds is 5. The SMILES string of the molecule is COc1c(CC=C(C)C)c(O)cc2c1C1Oc3c(CC=C(C)C)cccc3C1(O)CO2. The van der Waals surface area contributed by atoms with E-state index >= 15 is 0 Å². The lowest BCUT2D eigenvalue weighted by molar-refractivity contribution is -0.0873. The van der Waals surface area contributed by atoms with Crippen LogP contribution < -0.4 is 14.2 Å². The number of ether oxygens (including phenoxy) is 3. The predicted octanol–water partition coefficient (Wildman–Crippen LogP) is 5.13. The van der Waals surface area contributed by atoms with Gasteiger partial charge in [0.1, 0.15) is 29.6 Å². The van der Waals surface area contributed by atoms with Crippen LogP contribution in [0.25, 0.3) is 0 Å². The first-order valence-electron chi connectivity index (χ1n) is 10.6. The normalized spacial score (nSPS) is 20.5. The largest absolute Gasteiger partial charge is 0.507 e. The molecular weight excluding hydrogens is 392 g/mol. The lowest BCUT2D eigenvalue weighted by atomic mass is 9.83. The molecule has 2 N–H and O–H groups in total. The van der Waals surface area contributed by atoms with Crippen LogP contribution in [0, 0.1) is 0 Å². The lowest BCUT2D eigenvalue weighted by Crippen LogP contribution is -2.41. The highest BCUT2D eigenvalue weighted by Gasteiger charge is 2.55. The number of benzene rings is 2. The Bertz CT molecular complexity index is 1070. The maximum absolute atomic E-state index is 11.7. The molecule has 2 heterocycles. The van der Waals surface area contributed by atoms with Crippen LogP contribution in [0.15, 0.2) is 47.6 Å². The van der Waals surface area contributed by atoms with Crippen molar-refractivity contribution >= 4 is 0 Å². The number of para-hydroxylation sites is 1. The highest BCUT2D eigenvalue weighted by molar-refractivity contribution is 5.63. The number of hydrogen-bond donors (Lipinski definition) is 2. The van der Waals surface area contributed by atoms with Gasteiger partial charge in [0.15, 0.2) is 11.7 Å². The molecule has 2 atom stereocenters. The van der Waals surface area contributed by atoms with Gasteiger partial charge in [0, 0.05) is 17.2 Å². The third kappa shape index (κ3) is 3.57. The number of allylic oxidation sites excluding steroid dienone is 4. The zero-order valence-electron chi connectivity index (χ0n) is 18.8. The van der Waals surface area contributed by atoms with Gasteiger partial charge in [-0.1, -0.05) is 41.5 Å². The molecule has 0 fully saturated rings. The van der Waals surface area contributed by atoms with E-state index in [4.69, 9.17) is 14.2 Å². The van der Waals surface area contributed by atoms with Gasteiger partial charge in [-0.25, -0.2) is 0 Å². The Kier molecular flexibility index (Phi) is 5.48. The van der Waals surface area contributed by atoms with Gasteiger partial charge in [-0.3, -0.25) is 0 Å². The van der Waals surface area contributed by atoms with E-state index in [1.54, 1.807) is 13.2 Å². The van der Waals surface area contributed by atoms with Crippen LogP contribution >= 0.6 is 0 Å². The monoisotopic (exact) mass is 422 g/mol. The molecule has 2 aliphatic heterocycles. The molecule has 2 unspecified atom stereocenters. The average molecular weight is 423 g/mol. The Morgan fingerprint density at radius 2 is 1.87 bits per heavy atom. The first-order valence-corrected chi connectivity index (χ1v) is 10.6. The Labute approximate surface area is 183 Å². The van der Waals surface area contributed by atoms with Crippen LogP contribution in [-0.4, -0.2) is 23.9 Å². The fraction of sp³-hybridized carbons (Fsp3) is 0.385.